The number of nitrogens with one attached hydrogen (secondary N) is 1. The molecule has 1 atom stereocenters. The van der Waals surface area contributed by atoms with E-state index in [0.717, 1.165) is 27.6 Å². The molecule has 0 fully saturated rings. The van der Waals surface area contributed by atoms with Crippen LogP contribution in [0.5, 0.6) is 0 Å². The summed E-state index contributed by atoms with van der Waals surface area (Å²) in [5.41, 5.74) is 5.33. The molecule has 0 aliphatic heterocycles. The molecule has 0 saturated heterocycles. The first kappa shape index (κ1) is 16.9. The summed E-state index contributed by atoms with van der Waals surface area (Å²) in [6.07, 6.45) is 7.08. The Labute approximate surface area is 155 Å². The summed E-state index contributed by atoms with van der Waals surface area (Å²) in [5.74, 6) is -0.516. The van der Waals surface area contributed by atoms with Gasteiger partial charge in [-0.25, -0.2) is 15.4 Å². The zero-order valence-corrected chi connectivity index (χ0v) is 14.4. The van der Waals surface area contributed by atoms with Gasteiger partial charge in [-0.05, 0) is 17.2 Å². The minimum Gasteiger partial charge on any atom is -0.289 e. The highest BCUT2D eigenvalue weighted by Crippen LogP contribution is 2.29. The lowest BCUT2D eigenvalue weighted by Gasteiger charge is -2.17. The van der Waals surface area contributed by atoms with Gasteiger partial charge in [0.05, 0.1) is 11.7 Å². The van der Waals surface area contributed by atoms with E-state index in [1.807, 2.05) is 48.5 Å². The number of amides is 1. The quantitative estimate of drug-likeness (QED) is 0.422. The predicted octanol–water partition coefficient (Wildman–Crippen LogP) is 2.78. The van der Waals surface area contributed by atoms with E-state index in [4.69, 9.17) is 0 Å². The normalized spacial score (nSPS) is 12.0. The molecule has 7 nitrogen and oxygen atoms in total. The number of hydroxylamine groups is 1. The van der Waals surface area contributed by atoms with Gasteiger partial charge in [-0.3, -0.25) is 14.7 Å². The average Bonchev–Trinajstić information content (AvgIpc) is 3.17. The molecular weight excluding hydrogens is 342 g/mol. The maximum Gasteiger partial charge on any atom is 0.268 e. The van der Waals surface area contributed by atoms with Crippen LogP contribution in [0.1, 0.15) is 11.6 Å². The van der Waals surface area contributed by atoms with Gasteiger partial charge in [-0.15, -0.1) is 0 Å². The SMILES string of the molecule is O=C(NO)C(Cc1ccccc1)n1ncc2c(-c3cncnc3)cccc21. The maximum atomic E-state index is 12.4. The van der Waals surface area contributed by atoms with Gasteiger partial charge in [0.1, 0.15) is 12.4 Å². The third-order valence-corrected chi connectivity index (χ3v) is 4.49. The Morgan fingerprint density at radius 3 is 2.56 bits per heavy atom. The van der Waals surface area contributed by atoms with Crippen molar-refractivity contribution in [3.8, 4) is 11.1 Å². The number of carbonyl (C=O) groups excluding carboxylic acids is 1. The van der Waals surface area contributed by atoms with Crippen molar-refractivity contribution in [2.45, 2.75) is 12.5 Å². The fraction of sp³-hybridized carbons (Fsp3) is 0.100. The molecule has 0 spiro atoms. The van der Waals surface area contributed by atoms with E-state index in [2.05, 4.69) is 15.1 Å². The Balaban J connectivity index is 1.80. The monoisotopic (exact) mass is 359 g/mol. The molecule has 0 radical (unpaired) electrons. The van der Waals surface area contributed by atoms with Gasteiger partial charge < -0.3 is 0 Å². The zero-order valence-electron chi connectivity index (χ0n) is 14.4. The first-order valence-corrected chi connectivity index (χ1v) is 8.47. The molecule has 0 bridgehead atoms. The Morgan fingerprint density at radius 2 is 1.81 bits per heavy atom. The Kier molecular flexibility index (Phi) is 4.59. The van der Waals surface area contributed by atoms with E-state index in [1.54, 1.807) is 28.8 Å². The molecule has 2 heterocycles. The Hall–Kier alpha value is -3.58. The second-order valence-electron chi connectivity index (χ2n) is 6.14. The van der Waals surface area contributed by atoms with Crippen LogP contribution in [-0.4, -0.2) is 30.9 Å². The summed E-state index contributed by atoms with van der Waals surface area (Å²) < 4.78 is 1.64. The first-order valence-electron chi connectivity index (χ1n) is 8.47. The molecule has 1 unspecified atom stereocenters. The van der Waals surface area contributed by atoms with E-state index in [9.17, 15) is 10.0 Å². The molecule has 4 rings (SSSR count). The summed E-state index contributed by atoms with van der Waals surface area (Å²) in [5, 5.41) is 14.6. The molecule has 2 aromatic heterocycles. The first-order chi connectivity index (χ1) is 13.3. The molecular formula is C20H17N5O2. The van der Waals surface area contributed by atoms with Crippen LogP contribution in [0, 0.1) is 0 Å². The standard InChI is InChI=1S/C20H17N5O2/c26-20(24-27)19(9-14-5-2-1-3-6-14)25-18-8-4-7-16(17(18)12-23-25)15-10-21-13-22-11-15/h1-8,10-13,19,27H,9H2,(H,24,26). The fourth-order valence-electron chi connectivity index (χ4n) is 3.21. The summed E-state index contributed by atoms with van der Waals surface area (Å²) in [6, 6.07) is 14.7. The molecule has 1 amide bonds. The van der Waals surface area contributed by atoms with Crippen molar-refractivity contribution in [1.29, 1.82) is 0 Å². The lowest BCUT2D eigenvalue weighted by Crippen LogP contribution is -2.32. The average molecular weight is 359 g/mol. The topological polar surface area (TPSA) is 92.9 Å². The van der Waals surface area contributed by atoms with Gasteiger partial charge in [0.25, 0.3) is 5.91 Å². The van der Waals surface area contributed by atoms with Gasteiger partial charge in [0.15, 0.2) is 0 Å². The Bertz CT molecular complexity index is 1060. The number of hydrogen-bond acceptors (Lipinski definition) is 5. The van der Waals surface area contributed by atoms with Crippen molar-refractivity contribution < 1.29 is 10.0 Å². The van der Waals surface area contributed by atoms with Crippen molar-refractivity contribution in [2.24, 2.45) is 0 Å². The number of benzene rings is 2. The summed E-state index contributed by atoms with van der Waals surface area (Å²) in [4.78, 5) is 20.5. The number of carbonyl (C=O) groups is 1. The van der Waals surface area contributed by atoms with Gasteiger partial charge in [-0.1, -0.05) is 42.5 Å². The number of rotatable bonds is 5. The maximum absolute atomic E-state index is 12.4. The summed E-state index contributed by atoms with van der Waals surface area (Å²) in [7, 11) is 0. The van der Waals surface area contributed by atoms with Gasteiger partial charge in [0.2, 0.25) is 0 Å². The van der Waals surface area contributed by atoms with E-state index in [0.29, 0.717) is 6.42 Å². The summed E-state index contributed by atoms with van der Waals surface area (Å²) in [6.45, 7) is 0. The van der Waals surface area contributed by atoms with Crippen LogP contribution in [0.4, 0.5) is 0 Å². The highest BCUT2D eigenvalue weighted by Gasteiger charge is 2.24. The van der Waals surface area contributed by atoms with Crippen LogP contribution in [0.2, 0.25) is 0 Å². The van der Waals surface area contributed by atoms with Gasteiger partial charge in [0, 0.05) is 29.8 Å². The largest absolute Gasteiger partial charge is 0.289 e. The minimum absolute atomic E-state index is 0.405. The van der Waals surface area contributed by atoms with E-state index < -0.39 is 11.9 Å². The highest BCUT2D eigenvalue weighted by atomic mass is 16.5. The smallest absolute Gasteiger partial charge is 0.268 e. The molecule has 2 N–H and O–H groups in total. The van der Waals surface area contributed by atoms with Crippen LogP contribution in [-0.2, 0) is 11.2 Å². The second-order valence-corrected chi connectivity index (χ2v) is 6.14. The Morgan fingerprint density at radius 1 is 1.04 bits per heavy atom. The molecule has 0 saturated carbocycles. The lowest BCUT2D eigenvalue weighted by molar-refractivity contribution is -0.132. The van der Waals surface area contributed by atoms with Crippen LogP contribution in [0.15, 0.2) is 73.4 Å². The summed E-state index contributed by atoms with van der Waals surface area (Å²) >= 11 is 0. The lowest BCUT2D eigenvalue weighted by atomic mass is 10.0. The molecule has 134 valence electrons. The van der Waals surface area contributed by atoms with Crippen molar-refractivity contribution in [2.75, 3.05) is 0 Å². The molecule has 0 aliphatic carbocycles. The molecule has 7 heteroatoms. The van der Waals surface area contributed by atoms with Gasteiger partial charge >= 0.3 is 0 Å². The number of nitrogens with zero attached hydrogens (tertiary/aromatic N) is 4. The molecule has 0 aliphatic rings. The minimum atomic E-state index is -0.683. The molecule has 2 aromatic carbocycles. The highest BCUT2D eigenvalue weighted by molar-refractivity contribution is 5.95. The third kappa shape index (κ3) is 3.28. The van der Waals surface area contributed by atoms with Gasteiger partial charge in [-0.2, -0.15) is 5.10 Å². The van der Waals surface area contributed by atoms with Crippen LogP contribution in [0.3, 0.4) is 0 Å². The van der Waals surface area contributed by atoms with E-state index in [-0.39, 0.29) is 0 Å². The van der Waals surface area contributed by atoms with Crippen molar-refractivity contribution in [3.63, 3.8) is 0 Å². The van der Waals surface area contributed by atoms with E-state index >= 15 is 0 Å². The van der Waals surface area contributed by atoms with Crippen LogP contribution >= 0.6 is 0 Å². The molecule has 4 aromatic rings. The van der Waals surface area contributed by atoms with Crippen molar-refractivity contribution in [1.82, 2.24) is 25.2 Å². The predicted molar refractivity (Wildman–Crippen MR) is 99.9 cm³/mol. The molecule has 27 heavy (non-hydrogen) atoms. The fourth-order valence-corrected chi connectivity index (χ4v) is 3.21. The third-order valence-electron chi connectivity index (χ3n) is 4.49. The van der Waals surface area contributed by atoms with E-state index in [1.165, 1.54) is 6.33 Å². The van der Waals surface area contributed by atoms with Crippen molar-refractivity contribution >= 4 is 16.8 Å². The number of fused-ring (bicyclic) bond motifs is 1. The number of hydrogen-bond donors (Lipinski definition) is 2. The van der Waals surface area contributed by atoms with Crippen molar-refractivity contribution in [3.05, 3.63) is 79.0 Å². The zero-order chi connectivity index (χ0) is 18.6. The van der Waals surface area contributed by atoms with Crippen LogP contribution < -0.4 is 5.48 Å². The second kappa shape index (κ2) is 7.35. The van der Waals surface area contributed by atoms with Crippen LogP contribution in [0.25, 0.3) is 22.0 Å². The number of aromatic nitrogens is 4.